The molecule has 0 fully saturated rings. The Morgan fingerprint density at radius 3 is 1.48 bits per heavy atom. The zero-order valence-electron chi connectivity index (χ0n) is 36.5. The molecule has 0 saturated carbocycles. The second kappa shape index (κ2) is 15.6. The molecule has 0 unspecified atom stereocenters. The number of rotatable bonds is 7. The van der Waals surface area contributed by atoms with Crippen molar-refractivity contribution in [3.05, 3.63) is 254 Å². The minimum Gasteiger partial charge on any atom is -0.308 e. The molecule has 0 N–H and O–H groups in total. The summed E-state index contributed by atoms with van der Waals surface area (Å²) in [6.45, 7) is 4.75. The van der Waals surface area contributed by atoms with Gasteiger partial charge in [-0.25, -0.2) is 0 Å². The SMILES string of the molecule is CC1(C)c2ccccc2N(c2c(N(c3ccc(-c4ccccc4)cc3)c3ccc(-c4cccc5ccccc45)cc3)ccc3ccccc23)c2cc(-c3cccc4ccccc34)ccc21. The van der Waals surface area contributed by atoms with Crippen LogP contribution < -0.4 is 9.80 Å². The number of hydrogen-bond donors (Lipinski definition) is 0. The topological polar surface area (TPSA) is 6.48 Å². The van der Waals surface area contributed by atoms with Crippen LogP contribution in [0.5, 0.6) is 0 Å². The molecule has 0 radical (unpaired) electrons. The molecule has 1 aliphatic rings. The summed E-state index contributed by atoms with van der Waals surface area (Å²) in [5.74, 6) is 0. The summed E-state index contributed by atoms with van der Waals surface area (Å²) in [5.41, 5.74) is 16.3. The second-order valence-corrected chi connectivity index (χ2v) is 17.7. The minimum atomic E-state index is -0.255. The lowest BCUT2D eigenvalue weighted by Crippen LogP contribution is -2.31. The smallest absolute Gasteiger partial charge is 0.0781 e. The highest BCUT2D eigenvalue weighted by molar-refractivity contribution is 6.09. The summed E-state index contributed by atoms with van der Waals surface area (Å²) in [7, 11) is 0. The molecule has 1 heterocycles. The lowest BCUT2D eigenvalue weighted by Gasteiger charge is -2.44. The van der Waals surface area contributed by atoms with Crippen LogP contribution in [0.4, 0.5) is 34.1 Å². The molecule has 0 saturated heterocycles. The lowest BCUT2D eigenvalue weighted by molar-refractivity contribution is 0.632. The molecule has 65 heavy (non-hydrogen) atoms. The van der Waals surface area contributed by atoms with Crippen molar-refractivity contribution in [2.75, 3.05) is 9.80 Å². The van der Waals surface area contributed by atoms with Crippen molar-refractivity contribution >= 4 is 66.4 Å². The van der Waals surface area contributed by atoms with Gasteiger partial charge in [0.1, 0.15) is 0 Å². The third kappa shape index (κ3) is 6.49. The molecule has 0 amide bonds. The van der Waals surface area contributed by atoms with E-state index in [1.165, 1.54) is 88.2 Å². The van der Waals surface area contributed by atoms with E-state index in [1.807, 2.05) is 0 Å². The monoisotopic (exact) mass is 830 g/mol. The molecule has 2 nitrogen and oxygen atoms in total. The van der Waals surface area contributed by atoms with E-state index >= 15 is 0 Å². The predicted octanol–water partition coefficient (Wildman–Crippen LogP) is 17.7. The highest BCUT2D eigenvalue weighted by Crippen LogP contribution is 2.57. The van der Waals surface area contributed by atoms with E-state index in [9.17, 15) is 0 Å². The van der Waals surface area contributed by atoms with E-state index < -0.39 is 0 Å². The van der Waals surface area contributed by atoms with E-state index in [0.717, 1.165) is 22.7 Å². The first-order valence-corrected chi connectivity index (χ1v) is 22.6. The second-order valence-electron chi connectivity index (χ2n) is 17.7. The molecule has 0 aliphatic carbocycles. The summed E-state index contributed by atoms with van der Waals surface area (Å²) in [5, 5.41) is 7.34. The Kier molecular flexibility index (Phi) is 9.21. The van der Waals surface area contributed by atoms with Crippen LogP contribution in [-0.4, -0.2) is 0 Å². The summed E-state index contributed by atoms with van der Waals surface area (Å²) in [6, 6.07) is 89.2. The molecule has 0 bridgehead atoms. The summed E-state index contributed by atoms with van der Waals surface area (Å²) < 4.78 is 0. The highest BCUT2D eigenvalue weighted by Gasteiger charge is 2.39. The number of benzene rings is 11. The van der Waals surface area contributed by atoms with Crippen molar-refractivity contribution in [1.82, 2.24) is 0 Å². The molecule has 0 atom stereocenters. The normalized spacial score (nSPS) is 12.9. The van der Waals surface area contributed by atoms with Crippen molar-refractivity contribution in [3.8, 4) is 33.4 Å². The van der Waals surface area contributed by atoms with Gasteiger partial charge in [0.15, 0.2) is 0 Å². The number of nitrogens with zero attached hydrogens (tertiary/aromatic N) is 2. The lowest BCUT2D eigenvalue weighted by atomic mass is 9.73. The fourth-order valence-electron chi connectivity index (χ4n) is 10.4. The van der Waals surface area contributed by atoms with Crippen LogP contribution in [0.25, 0.3) is 65.7 Å². The minimum absolute atomic E-state index is 0.255. The van der Waals surface area contributed by atoms with Crippen LogP contribution in [-0.2, 0) is 5.41 Å². The summed E-state index contributed by atoms with van der Waals surface area (Å²) in [6.07, 6.45) is 0. The molecule has 308 valence electrons. The van der Waals surface area contributed by atoms with Gasteiger partial charge in [0.25, 0.3) is 0 Å². The van der Waals surface area contributed by atoms with Gasteiger partial charge in [-0.2, -0.15) is 0 Å². The first kappa shape index (κ1) is 38.5. The maximum absolute atomic E-state index is 2.57. The maximum Gasteiger partial charge on any atom is 0.0781 e. The molecule has 0 spiro atoms. The Bertz CT molecular complexity index is 3560. The standard InChI is InChI=1S/C63H46N2/c1-63(2)57-28-12-13-29-59(57)65(61-42-49(34-40-58(61)63)55-27-15-22-46-19-7-10-24-53(46)55)62-56-25-11-8-20-47(56)35-41-60(62)64(50-36-30-44(31-37-50)43-16-4-3-5-17-43)51-38-32-48(33-39-51)54-26-14-21-45-18-6-9-23-52(45)54/h3-42H,1-2H3. The zero-order chi connectivity index (χ0) is 43.5. The van der Waals surface area contributed by atoms with Gasteiger partial charge in [-0.15, -0.1) is 0 Å². The van der Waals surface area contributed by atoms with Gasteiger partial charge in [-0.05, 0) is 114 Å². The molecule has 2 heteroatoms. The van der Waals surface area contributed by atoms with Crippen molar-refractivity contribution in [1.29, 1.82) is 0 Å². The largest absolute Gasteiger partial charge is 0.308 e. The third-order valence-electron chi connectivity index (χ3n) is 13.6. The average Bonchev–Trinajstić information content (AvgIpc) is 3.37. The molecule has 11 aromatic carbocycles. The van der Waals surface area contributed by atoms with Gasteiger partial charge in [-0.3, -0.25) is 0 Å². The highest BCUT2D eigenvalue weighted by atomic mass is 15.2. The van der Waals surface area contributed by atoms with E-state index in [4.69, 9.17) is 0 Å². The van der Waals surface area contributed by atoms with Gasteiger partial charge in [0.2, 0.25) is 0 Å². The van der Waals surface area contributed by atoms with Gasteiger partial charge < -0.3 is 9.80 Å². The third-order valence-corrected chi connectivity index (χ3v) is 13.6. The molecular weight excluding hydrogens is 785 g/mol. The van der Waals surface area contributed by atoms with Crippen molar-refractivity contribution in [2.45, 2.75) is 19.3 Å². The number of para-hydroxylation sites is 1. The first-order chi connectivity index (χ1) is 32.0. The van der Waals surface area contributed by atoms with Gasteiger partial charge in [0.05, 0.1) is 22.7 Å². The van der Waals surface area contributed by atoms with Crippen LogP contribution in [0, 0.1) is 0 Å². The Labute approximate surface area is 380 Å². The quantitative estimate of drug-likeness (QED) is 0.158. The van der Waals surface area contributed by atoms with Crippen molar-refractivity contribution in [2.24, 2.45) is 0 Å². The summed E-state index contributed by atoms with van der Waals surface area (Å²) in [4.78, 5) is 5.03. The maximum atomic E-state index is 2.57. The average molecular weight is 831 g/mol. The Morgan fingerprint density at radius 2 is 0.815 bits per heavy atom. The van der Waals surface area contributed by atoms with E-state index in [0.29, 0.717) is 0 Å². The summed E-state index contributed by atoms with van der Waals surface area (Å²) >= 11 is 0. The van der Waals surface area contributed by atoms with Gasteiger partial charge in [-0.1, -0.05) is 214 Å². The number of anilines is 6. The predicted molar refractivity (Wildman–Crippen MR) is 277 cm³/mol. The van der Waals surface area contributed by atoms with Gasteiger partial charge in [0, 0.05) is 22.2 Å². The first-order valence-electron chi connectivity index (χ1n) is 22.6. The number of hydrogen-bond acceptors (Lipinski definition) is 2. The van der Waals surface area contributed by atoms with Crippen LogP contribution in [0.15, 0.2) is 243 Å². The fourth-order valence-corrected chi connectivity index (χ4v) is 10.4. The fraction of sp³-hybridized carbons (Fsp3) is 0.0476. The number of fused-ring (bicyclic) bond motifs is 5. The molecule has 11 aromatic rings. The van der Waals surface area contributed by atoms with Crippen LogP contribution in [0.3, 0.4) is 0 Å². The Balaban J connectivity index is 1.11. The molecule has 0 aromatic heterocycles. The van der Waals surface area contributed by atoms with E-state index in [1.54, 1.807) is 0 Å². The van der Waals surface area contributed by atoms with Crippen LogP contribution >= 0.6 is 0 Å². The molecular formula is C63H46N2. The molecule has 12 rings (SSSR count). The van der Waals surface area contributed by atoms with Crippen molar-refractivity contribution in [3.63, 3.8) is 0 Å². The van der Waals surface area contributed by atoms with E-state index in [-0.39, 0.29) is 5.41 Å². The van der Waals surface area contributed by atoms with Crippen molar-refractivity contribution < 1.29 is 0 Å². The van der Waals surface area contributed by atoms with E-state index in [2.05, 4.69) is 266 Å². The Morgan fingerprint density at radius 1 is 0.338 bits per heavy atom. The van der Waals surface area contributed by atoms with Gasteiger partial charge >= 0.3 is 0 Å². The van der Waals surface area contributed by atoms with Crippen LogP contribution in [0.1, 0.15) is 25.0 Å². The molecule has 1 aliphatic heterocycles. The van der Waals surface area contributed by atoms with Crippen LogP contribution in [0.2, 0.25) is 0 Å². The Hall–Kier alpha value is -8.20. The zero-order valence-corrected chi connectivity index (χ0v) is 36.5.